The van der Waals surface area contributed by atoms with Crippen LogP contribution < -0.4 is 20.3 Å². The number of hydrogen-bond donors (Lipinski definition) is 2. The molecule has 1 saturated heterocycles. The summed E-state index contributed by atoms with van der Waals surface area (Å²) in [6.07, 6.45) is 4.15. The number of pyridine rings is 2. The maximum Gasteiger partial charge on any atom is 0.487 e. The fourth-order valence-corrected chi connectivity index (χ4v) is 4.67. The van der Waals surface area contributed by atoms with Crippen molar-refractivity contribution in [3.05, 3.63) is 65.6 Å². The molecular weight excluding hydrogens is 518 g/mol. The highest BCUT2D eigenvalue weighted by atomic mass is 35.5. The van der Waals surface area contributed by atoms with E-state index in [1.54, 1.807) is 18.3 Å². The van der Waals surface area contributed by atoms with Crippen LogP contribution in [0, 0.1) is 0 Å². The first-order chi connectivity index (χ1) is 18.1. The number of amides is 2. The fraction of sp³-hybridized carbons (Fsp3) is 0.308. The van der Waals surface area contributed by atoms with E-state index in [2.05, 4.69) is 35.1 Å². The van der Waals surface area contributed by atoms with Crippen LogP contribution in [0.15, 0.2) is 48.8 Å². The van der Waals surface area contributed by atoms with Crippen LogP contribution >= 0.6 is 11.6 Å². The van der Waals surface area contributed by atoms with Crippen LogP contribution in [-0.4, -0.2) is 65.5 Å². The van der Waals surface area contributed by atoms with Crippen LogP contribution in [0.3, 0.4) is 0 Å². The number of halogens is 3. The quantitative estimate of drug-likeness (QED) is 0.436. The lowest BCUT2D eigenvalue weighted by Gasteiger charge is -2.23. The van der Waals surface area contributed by atoms with Gasteiger partial charge in [0.25, 0.3) is 11.8 Å². The zero-order valence-corrected chi connectivity index (χ0v) is 21.4. The number of anilines is 2. The number of hydrogen-bond acceptors (Lipinski definition) is 7. The molecule has 3 aromatic rings. The highest BCUT2D eigenvalue weighted by molar-refractivity contribution is 6.20. The lowest BCUT2D eigenvalue weighted by molar-refractivity contribution is -0.0964. The van der Waals surface area contributed by atoms with Crippen LogP contribution in [-0.2, 0) is 6.54 Å². The molecule has 2 amide bonds. The SMILES string of the molecule is CN(C)[C@@H]1CCN(c2ncc(C(=O)Nc3ccc(OC(F)(F)Cl)cc3)cc2-c2cnc3c(c2)C(=O)NC3)C1. The monoisotopic (exact) mass is 542 g/mol. The molecule has 1 aromatic carbocycles. The molecule has 9 nitrogen and oxygen atoms in total. The van der Waals surface area contributed by atoms with Crippen LogP contribution in [0.1, 0.15) is 32.8 Å². The first-order valence-electron chi connectivity index (χ1n) is 11.9. The second-order valence-electron chi connectivity index (χ2n) is 9.37. The van der Waals surface area contributed by atoms with Crippen molar-refractivity contribution in [3.8, 4) is 16.9 Å². The number of alkyl halides is 3. The molecule has 5 rings (SSSR count). The topological polar surface area (TPSA) is 99.7 Å². The first-order valence-corrected chi connectivity index (χ1v) is 12.3. The van der Waals surface area contributed by atoms with Crippen molar-refractivity contribution < 1.29 is 23.1 Å². The largest absolute Gasteiger partial charge is 0.487 e. The number of fused-ring (bicyclic) bond motifs is 1. The third-order valence-corrected chi connectivity index (χ3v) is 6.69. The van der Waals surface area contributed by atoms with E-state index in [-0.39, 0.29) is 17.2 Å². The molecule has 0 saturated carbocycles. The fourth-order valence-electron chi connectivity index (χ4n) is 4.58. The molecule has 4 heterocycles. The Kier molecular flexibility index (Phi) is 6.89. The summed E-state index contributed by atoms with van der Waals surface area (Å²) in [5.41, 5.74) is -0.644. The zero-order chi connectivity index (χ0) is 27.0. The van der Waals surface area contributed by atoms with Crippen molar-refractivity contribution in [1.82, 2.24) is 20.2 Å². The number of benzene rings is 1. The van der Waals surface area contributed by atoms with E-state index in [0.717, 1.165) is 19.5 Å². The maximum absolute atomic E-state index is 13.1. The van der Waals surface area contributed by atoms with Crippen LogP contribution in [0.4, 0.5) is 20.3 Å². The molecule has 0 unspecified atom stereocenters. The van der Waals surface area contributed by atoms with Crippen molar-refractivity contribution in [2.75, 3.05) is 37.4 Å². The number of rotatable bonds is 7. The standard InChI is InChI=1S/C26H25ClF2N6O3/c1-34(2)18-7-8-35(14-18)23-20(15-9-21-22(30-11-15)13-32-25(21)37)10-16(12-31-23)24(36)33-17-3-5-19(6-4-17)38-26(27,28)29/h3-6,9-12,18H,7-8,13-14H2,1-2H3,(H,32,37)(H,33,36)/t18-/m1/s1. The predicted octanol–water partition coefficient (Wildman–Crippen LogP) is 3.95. The van der Waals surface area contributed by atoms with Gasteiger partial charge in [-0.2, -0.15) is 0 Å². The summed E-state index contributed by atoms with van der Waals surface area (Å²) in [6, 6.07) is 9.26. The van der Waals surface area contributed by atoms with Gasteiger partial charge in [0, 0.05) is 59.9 Å². The Bertz CT molecular complexity index is 1380. The Hall–Kier alpha value is -3.83. The van der Waals surface area contributed by atoms with Crippen molar-refractivity contribution in [2.45, 2.75) is 24.6 Å². The van der Waals surface area contributed by atoms with E-state index < -0.39 is 11.5 Å². The van der Waals surface area contributed by atoms with E-state index in [4.69, 9.17) is 11.6 Å². The van der Waals surface area contributed by atoms with Crippen LogP contribution in [0.2, 0.25) is 0 Å². The number of carbonyl (C=O) groups excluding carboxylic acids is 2. The van der Waals surface area contributed by atoms with E-state index in [9.17, 15) is 18.4 Å². The molecule has 2 N–H and O–H groups in total. The molecule has 2 aromatic heterocycles. The van der Waals surface area contributed by atoms with Gasteiger partial charge in [0.1, 0.15) is 11.6 Å². The summed E-state index contributed by atoms with van der Waals surface area (Å²) in [7, 11) is 4.08. The van der Waals surface area contributed by atoms with E-state index in [1.807, 2.05) is 14.1 Å². The van der Waals surface area contributed by atoms with Gasteiger partial charge in [-0.1, -0.05) is 0 Å². The third kappa shape index (κ3) is 5.53. The normalized spacial score (nSPS) is 16.9. The minimum absolute atomic E-state index is 0.147. The van der Waals surface area contributed by atoms with Gasteiger partial charge in [0.15, 0.2) is 0 Å². The Morgan fingerprint density at radius 3 is 2.63 bits per heavy atom. The molecule has 0 spiro atoms. The van der Waals surface area contributed by atoms with Crippen molar-refractivity contribution in [1.29, 1.82) is 0 Å². The van der Waals surface area contributed by atoms with Gasteiger partial charge in [0.05, 0.1) is 23.4 Å². The van der Waals surface area contributed by atoms with Crippen molar-refractivity contribution in [2.24, 2.45) is 0 Å². The predicted molar refractivity (Wildman–Crippen MR) is 139 cm³/mol. The number of ether oxygens (including phenoxy) is 1. The zero-order valence-electron chi connectivity index (χ0n) is 20.7. The summed E-state index contributed by atoms with van der Waals surface area (Å²) >= 11 is 4.79. The average Bonchev–Trinajstić information content (AvgIpc) is 3.51. The number of nitrogens with one attached hydrogen (secondary N) is 2. The van der Waals surface area contributed by atoms with Gasteiger partial charge >= 0.3 is 5.57 Å². The molecule has 198 valence electrons. The molecule has 1 fully saturated rings. The van der Waals surface area contributed by atoms with Crippen LogP contribution in [0.5, 0.6) is 5.75 Å². The number of aromatic nitrogens is 2. The molecule has 2 aliphatic heterocycles. The van der Waals surface area contributed by atoms with Gasteiger partial charge in [-0.3, -0.25) is 14.6 Å². The second-order valence-corrected chi connectivity index (χ2v) is 9.81. The summed E-state index contributed by atoms with van der Waals surface area (Å²) in [5, 5.41) is 5.50. The molecular formula is C26H25ClF2N6O3. The molecule has 0 bridgehead atoms. The summed E-state index contributed by atoms with van der Waals surface area (Å²) in [6.45, 7) is 1.95. The van der Waals surface area contributed by atoms with E-state index in [0.29, 0.717) is 46.5 Å². The van der Waals surface area contributed by atoms with Gasteiger partial charge in [-0.25, -0.2) is 4.98 Å². The third-order valence-electron chi connectivity index (χ3n) is 6.61. The molecule has 2 aliphatic rings. The minimum atomic E-state index is -3.83. The summed E-state index contributed by atoms with van der Waals surface area (Å²) in [5.74, 6) is -0.0762. The molecule has 12 heteroatoms. The van der Waals surface area contributed by atoms with Gasteiger partial charge in [0.2, 0.25) is 0 Å². The summed E-state index contributed by atoms with van der Waals surface area (Å²) < 4.78 is 30.0. The molecule has 38 heavy (non-hydrogen) atoms. The smallest absolute Gasteiger partial charge is 0.420 e. The number of carbonyl (C=O) groups is 2. The highest BCUT2D eigenvalue weighted by Gasteiger charge is 2.29. The Morgan fingerprint density at radius 2 is 1.95 bits per heavy atom. The Labute approximate surface area is 222 Å². The number of likely N-dealkylation sites (N-methyl/N-ethyl adjacent to an activating group) is 1. The highest BCUT2D eigenvalue weighted by Crippen LogP contribution is 2.34. The van der Waals surface area contributed by atoms with Crippen LogP contribution in [0.25, 0.3) is 11.1 Å². The Balaban J connectivity index is 1.45. The van der Waals surface area contributed by atoms with Crippen molar-refractivity contribution >= 4 is 34.9 Å². The summed E-state index contributed by atoms with van der Waals surface area (Å²) in [4.78, 5) is 38.8. The molecule has 0 radical (unpaired) electrons. The lowest BCUT2D eigenvalue weighted by Crippen LogP contribution is -2.32. The van der Waals surface area contributed by atoms with Gasteiger partial charge in [-0.15, -0.1) is 8.78 Å². The minimum Gasteiger partial charge on any atom is -0.420 e. The molecule has 0 aliphatic carbocycles. The van der Waals surface area contributed by atoms with E-state index in [1.165, 1.54) is 30.5 Å². The van der Waals surface area contributed by atoms with E-state index >= 15 is 0 Å². The molecule has 1 atom stereocenters. The maximum atomic E-state index is 13.1. The Morgan fingerprint density at radius 1 is 1.18 bits per heavy atom. The van der Waals surface area contributed by atoms with Gasteiger partial charge < -0.3 is 25.2 Å². The average molecular weight is 543 g/mol. The lowest BCUT2D eigenvalue weighted by atomic mass is 10.0. The number of nitrogens with zero attached hydrogens (tertiary/aromatic N) is 4. The van der Waals surface area contributed by atoms with Gasteiger partial charge in [-0.05, 0) is 56.9 Å². The second kappa shape index (κ2) is 10.1. The first kappa shape index (κ1) is 25.8. The van der Waals surface area contributed by atoms with Crippen molar-refractivity contribution in [3.63, 3.8) is 0 Å².